The third-order valence-corrected chi connectivity index (χ3v) is 4.72. The lowest BCUT2D eigenvalue weighted by molar-refractivity contribution is -0.0228. The van der Waals surface area contributed by atoms with Crippen molar-refractivity contribution in [2.24, 2.45) is 0 Å². The molecule has 1 amide bonds. The van der Waals surface area contributed by atoms with Crippen LogP contribution in [0.2, 0.25) is 0 Å². The second kappa shape index (κ2) is 7.17. The Kier molecular flexibility index (Phi) is 4.58. The minimum absolute atomic E-state index is 0.0419. The molecule has 1 aromatic carbocycles. The van der Waals surface area contributed by atoms with Gasteiger partial charge in [0.05, 0.1) is 19.3 Å². The Bertz CT molecular complexity index is 868. The number of benzene rings is 1. The molecule has 3 heterocycles. The summed E-state index contributed by atoms with van der Waals surface area (Å²) in [5.41, 5.74) is 2.76. The van der Waals surface area contributed by atoms with Crippen molar-refractivity contribution in [1.29, 1.82) is 0 Å². The molecule has 1 aliphatic heterocycles. The van der Waals surface area contributed by atoms with Crippen LogP contribution in [0.3, 0.4) is 0 Å². The van der Waals surface area contributed by atoms with Crippen molar-refractivity contribution < 1.29 is 9.53 Å². The molecule has 0 saturated carbocycles. The minimum Gasteiger partial charge on any atom is -0.370 e. The first-order chi connectivity index (χ1) is 12.7. The van der Waals surface area contributed by atoms with Gasteiger partial charge in [-0.2, -0.15) is 5.10 Å². The first-order valence-electron chi connectivity index (χ1n) is 8.91. The quantitative estimate of drug-likeness (QED) is 0.727. The summed E-state index contributed by atoms with van der Waals surface area (Å²) in [5, 5.41) is 4.30. The van der Waals surface area contributed by atoms with Gasteiger partial charge in [-0.05, 0) is 43.3 Å². The Morgan fingerprint density at radius 1 is 1.23 bits per heavy atom. The van der Waals surface area contributed by atoms with Crippen LogP contribution in [0, 0.1) is 0 Å². The fraction of sp³-hybridized carbons (Fsp3) is 0.300. The van der Waals surface area contributed by atoms with E-state index in [1.807, 2.05) is 82.3 Å². The van der Waals surface area contributed by atoms with Crippen molar-refractivity contribution in [2.75, 3.05) is 19.7 Å². The highest BCUT2D eigenvalue weighted by Crippen LogP contribution is 2.23. The molecule has 0 bridgehead atoms. The van der Waals surface area contributed by atoms with Gasteiger partial charge in [0.1, 0.15) is 6.10 Å². The van der Waals surface area contributed by atoms with Crippen LogP contribution >= 0.6 is 0 Å². The number of hydrogen-bond donors (Lipinski definition) is 0. The Morgan fingerprint density at radius 3 is 2.69 bits per heavy atom. The van der Waals surface area contributed by atoms with Gasteiger partial charge in [-0.1, -0.05) is 0 Å². The van der Waals surface area contributed by atoms with Gasteiger partial charge in [-0.15, -0.1) is 0 Å². The van der Waals surface area contributed by atoms with Gasteiger partial charge in [0, 0.05) is 48.5 Å². The van der Waals surface area contributed by atoms with Crippen LogP contribution in [0.15, 0.2) is 61.2 Å². The molecular formula is C20H22N4O2. The van der Waals surface area contributed by atoms with Crippen LogP contribution in [0.4, 0.5) is 0 Å². The fourth-order valence-corrected chi connectivity index (χ4v) is 3.22. The maximum absolute atomic E-state index is 12.9. The number of aryl methyl sites for hydroxylation is 1. The predicted octanol–water partition coefficient (Wildman–Crippen LogP) is 2.91. The summed E-state index contributed by atoms with van der Waals surface area (Å²) in [6.45, 7) is 4.56. The molecular weight excluding hydrogens is 328 g/mol. The predicted molar refractivity (Wildman–Crippen MR) is 98.3 cm³/mol. The SMILES string of the molecule is CCn1cc(C2CN(C(=O)c3ccc(-n4cccc4)cc3)CCO2)cn1. The van der Waals surface area contributed by atoms with Crippen molar-refractivity contribution in [1.82, 2.24) is 19.2 Å². The molecule has 0 N–H and O–H groups in total. The Balaban J connectivity index is 1.47. The summed E-state index contributed by atoms with van der Waals surface area (Å²) in [7, 11) is 0. The monoisotopic (exact) mass is 350 g/mol. The van der Waals surface area contributed by atoms with E-state index in [4.69, 9.17) is 4.74 Å². The molecule has 6 nitrogen and oxygen atoms in total. The maximum atomic E-state index is 12.9. The van der Waals surface area contributed by atoms with E-state index in [-0.39, 0.29) is 12.0 Å². The van der Waals surface area contributed by atoms with Crippen molar-refractivity contribution in [3.8, 4) is 5.69 Å². The molecule has 1 fully saturated rings. The summed E-state index contributed by atoms with van der Waals surface area (Å²) in [6.07, 6.45) is 7.67. The van der Waals surface area contributed by atoms with E-state index in [0.29, 0.717) is 25.3 Å². The molecule has 1 unspecified atom stereocenters. The van der Waals surface area contributed by atoms with Crippen LogP contribution in [0.25, 0.3) is 5.69 Å². The highest BCUT2D eigenvalue weighted by Gasteiger charge is 2.27. The molecule has 0 aliphatic carbocycles. The third-order valence-electron chi connectivity index (χ3n) is 4.72. The molecule has 4 rings (SSSR count). The maximum Gasteiger partial charge on any atom is 0.254 e. The number of carbonyl (C=O) groups excluding carboxylic acids is 1. The number of morpholine rings is 1. The number of carbonyl (C=O) groups is 1. The van der Waals surface area contributed by atoms with Gasteiger partial charge in [0.25, 0.3) is 5.91 Å². The van der Waals surface area contributed by atoms with Crippen molar-refractivity contribution in [2.45, 2.75) is 19.6 Å². The highest BCUT2D eigenvalue weighted by molar-refractivity contribution is 5.94. The van der Waals surface area contributed by atoms with Crippen LogP contribution in [0.1, 0.15) is 28.9 Å². The van der Waals surface area contributed by atoms with E-state index in [1.165, 1.54) is 0 Å². The lowest BCUT2D eigenvalue weighted by atomic mass is 10.1. The second-order valence-corrected chi connectivity index (χ2v) is 6.38. The number of nitrogens with zero attached hydrogens (tertiary/aromatic N) is 4. The molecule has 1 saturated heterocycles. The second-order valence-electron chi connectivity index (χ2n) is 6.38. The lowest BCUT2D eigenvalue weighted by Crippen LogP contribution is -2.42. The Hall–Kier alpha value is -2.86. The summed E-state index contributed by atoms with van der Waals surface area (Å²) < 4.78 is 9.75. The minimum atomic E-state index is -0.118. The van der Waals surface area contributed by atoms with Crippen LogP contribution in [-0.4, -0.2) is 44.9 Å². The smallest absolute Gasteiger partial charge is 0.254 e. The zero-order valence-electron chi connectivity index (χ0n) is 14.8. The standard InChI is InChI=1S/C20H22N4O2/c1-2-24-14-17(13-21-24)19-15-23(11-12-26-19)20(25)16-5-7-18(8-6-16)22-9-3-4-10-22/h3-10,13-14,19H,2,11-12,15H2,1H3. The highest BCUT2D eigenvalue weighted by atomic mass is 16.5. The van der Waals surface area contributed by atoms with Crippen molar-refractivity contribution in [3.63, 3.8) is 0 Å². The average Bonchev–Trinajstić information content (AvgIpc) is 3.39. The summed E-state index contributed by atoms with van der Waals surface area (Å²) in [6, 6.07) is 11.7. The largest absolute Gasteiger partial charge is 0.370 e. The first kappa shape index (κ1) is 16.6. The van der Waals surface area contributed by atoms with Crippen LogP contribution in [0.5, 0.6) is 0 Å². The van der Waals surface area contributed by atoms with Gasteiger partial charge in [-0.3, -0.25) is 9.48 Å². The molecule has 3 aromatic rings. The van der Waals surface area contributed by atoms with E-state index in [9.17, 15) is 4.79 Å². The Morgan fingerprint density at radius 2 is 2.00 bits per heavy atom. The molecule has 1 atom stereocenters. The summed E-state index contributed by atoms with van der Waals surface area (Å²) >= 11 is 0. The molecule has 6 heteroatoms. The zero-order chi connectivity index (χ0) is 17.9. The molecule has 2 aromatic heterocycles. The third kappa shape index (κ3) is 3.28. The molecule has 134 valence electrons. The lowest BCUT2D eigenvalue weighted by Gasteiger charge is -2.32. The molecule has 0 radical (unpaired) electrons. The van der Waals surface area contributed by atoms with Gasteiger partial charge in [0.15, 0.2) is 0 Å². The zero-order valence-corrected chi connectivity index (χ0v) is 14.8. The number of amides is 1. The van der Waals surface area contributed by atoms with Gasteiger partial charge in [-0.25, -0.2) is 0 Å². The van der Waals surface area contributed by atoms with Crippen LogP contribution in [-0.2, 0) is 11.3 Å². The average molecular weight is 350 g/mol. The molecule has 26 heavy (non-hydrogen) atoms. The van der Waals surface area contributed by atoms with Gasteiger partial charge < -0.3 is 14.2 Å². The number of hydrogen-bond acceptors (Lipinski definition) is 3. The first-order valence-corrected chi connectivity index (χ1v) is 8.91. The van der Waals surface area contributed by atoms with E-state index < -0.39 is 0 Å². The number of aromatic nitrogens is 3. The van der Waals surface area contributed by atoms with Gasteiger partial charge >= 0.3 is 0 Å². The van der Waals surface area contributed by atoms with E-state index in [1.54, 1.807) is 0 Å². The van der Waals surface area contributed by atoms with Gasteiger partial charge in [0.2, 0.25) is 0 Å². The number of ether oxygens (including phenoxy) is 1. The topological polar surface area (TPSA) is 52.3 Å². The normalized spacial score (nSPS) is 17.4. The van der Waals surface area contributed by atoms with E-state index >= 15 is 0 Å². The fourth-order valence-electron chi connectivity index (χ4n) is 3.22. The Labute approximate surface area is 152 Å². The van der Waals surface area contributed by atoms with Crippen molar-refractivity contribution in [3.05, 3.63) is 72.3 Å². The summed E-state index contributed by atoms with van der Waals surface area (Å²) in [4.78, 5) is 14.7. The van der Waals surface area contributed by atoms with E-state index in [2.05, 4.69) is 5.10 Å². The molecule has 1 aliphatic rings. The van der Waals surface area contributed by atoms with E-state index in [0.717, 1.165) is 17.8 Å². The summed E-state index contributed by atoms with van der Waals surface area (Å²) in [5.74, 6) is 0.0419. The van der Waals surface area contributed by atoms with Crippen molar-refractivity contribution >= 4 is 5.91 Å². The molecule has 0 spiro atoms. The number of rotatable bonds is 4. The van der Waals surface area contributed by atoms with Crippen LogP contribution < -0.4 is 0 Å².